The molecule has 22 heavy (non-hydrogen) atoms. The molecule has 0 aliphatic rings. The van der Waals surface area contributed by atoms with Gasteiger partial charge in [0.25, 0.3) is 0 Å². The average molecular weight is 329 g/mol. The van der Waals surface area contributed by atoms with E-state index in [0.29, 0.717) is 12.8 Å². The molecule has 1 amide bonds. The van der Waals surface area contributed by atoms with Crippen molar-refractivity contribution in [2.24, 2.45) is 0 Å². The summed E-state index contributed by atoms with van der Waals surface area (Å²) in [6, 6.07) is 11.3. The van der Waals surface area contributed by atoms with Crippen LogP contribution in [0, 0.1) is 0 Å². The second-order valence-corrected chi connectivity index (χ2v) is 10.6. The minimum absolute atomic E-state index is 0.0450. The van der Waals surface area contributed by atoms with E-state index in [1.54, 1.807) is 0 Å². The molecule has 0 saturated carbocycles. The Morgan fingerprint density at radius 1 is 1.23 bits per heavy atom. The van der Waals surface area contributed by atoms with Crippen LogP contribution in [0.15, 0.2) is 42.1 Å². The first kappa shape index (κ1) is 18.5. The van der Waals surface area contributed by atoms with Crippen molar-refractivity contribution in [1.82, 2.24) is 5.32 Å². The van der Waals surface area contributed by atoms with Gasteiger partial charge in [0.05, 0.1) is 8.07 Å². The van der Waals surface area contributed by atoms with E-state index in [9.17, 15) is 18.0 Å². The van der Waals surface area contributed by atoms with E-state index in [0.717, 1.165) is 6.04 Å². The van der Waals surface area contributed by atoms with Crippen molar-refractivity contribution in [1.29, 1.82) is 0 Å². The Bertz CT molecular complexity index is 498. The van der Waals surface area contributed by atoms with Gasteiger partial charge in [0.1, 0.15) is 0 Å². The number of hydrogen-bond acceptors (Lipinski definition) is 1. The molecule has 0 saturated heterocycles. The molecule has 0 fully saturated rings. The molecule has 0 aliphatic carbocycles. The third kappa shape index (κ3) is 7.45. The van der Waals surface area contributed by atoms with Gasteiger partial charge >= 0.3 is 12.1 Å². The molecule has 0 unspecified atom stereocenters. The average Bonchev–Trinajstić information content (AvgIpc) is 2.42. The fraction of sp³-hybridized carbons (Fsp3) is 0.438. The molecule has 0 atom stereocenters. The summed E-state index contributed by atoms with van der Waals surface area (Å²) in [7, 11) is -1.50. The lowest BCUT2D eigenvalue weighted by Crippen LogP contribution is -2.37. The molecule has 2 nitrogen and oxygen atoms in total. The Morgan fingerprint density at radius 3 is 2.45 bits per heavy atom. The van der Waals surface area contributed by atoms with E-state index in [4.69, 9.17) is 0 Å². The summed E-state index contributed by atoms with van der Waals surface area (Å²) in [6.45, 7) is 4.55. The first-order chi connectivity index (χ1) is 10.2. The monoisotopic (exact) mass is 329 g/mol. The second-order valence-electron chi connectivity index (χ2n) is 5.95. The maximum Gasteiger partial charge on any atom is 0.471 e. The minimum atomic E-state index is -4.79. The predicted octanol–water partition coefficient (Wildman–Crippen LogP) is 4.03. The van der Waals surface area contributed by atoms with Crippen molar-refractivity contribution in [2.75, 3.05) is 6.54 Å². The lowest BCUT2D eigenvalue weighted by Gasteiger charge is -2.17. The number of unbranched alkanes of at least 4 members (excludes halogenated alkanes) is 1. The Balaban J connectivity index is 2.29. The molecule has 0 spiro atoms. The van der Waals surface area contributed by atoms with Gasteiger partial charge < -0.3 is 5.32 Å². The summed E-state index contributed by atoms with van der Waals surface area (Å²) in [6.07, 6.45) is -1.59. The fourth-order valence-corrected chi connectivity index (χ4v) is 4.32. The maximum atomic E-state index is 12.0. The molecule has 0 aromatic heterocycles. The number of nitrogens with one attached hydrogen (secondary N) is 1. The van der Waals surface area contributed by atoms with Gasteiger partial charge in [-0.05, 0) is 18.9 Å². The van der Waals surface area contributed by atoms with Gasteiger partial charge in [-0.1, -0.05) is 60.8 Å². The summed E-state index contributed by atoms with van der Waals surface area (Å²) in [5, 5.41) is 1.87. The fourth-order valence-electron chi connectivity index (χ4n) is 2.11. The molecule has 1 N–H and O–H groups in total. The Hall–Kier alpha value is -1.56. The van der Waals surface area contributed by atoms with Crippen LogP contribution in [0.2, 0.25) is 13.1 Å². The number of amides is 1. The zero-order valence-corrected chi connectivity index (χ0v) is 13.9. The van der Waals surface area contributed by atoms with Crippen LogP contribution in [0.1, 0.15) is 18.4 Å². The topological polar surface area (TPSA) is 29.1 Å². The summed E-state index contributed by atoms with van der Waals surface area (Å²) in [5.74, 6) is -1.87. The SMILES string of the molecule is C[Si](C)(/C=C/CCCNC(=O)C(F)(F)F)Cc1ccccc1. The highest BCUT2D eigenvalue weighted by atomic mass is 28.3. The predicted molar refractivity (Wildman–Crippen MR) is 85.1 cm³/mol. The van der Waals surface area contributed by atoms with Gasteiger partial charge in [-0.3, -0.25) is 4.79 Å². The van der Waals surface area contributed by atoms with E-state index in [1.807, 2.05) is 29.6 Å². The summed E-state index contributed by atoms with van der Waals surface area (Å²) in [4.78, 5) is 10.6. The number of rotatable bonds is 7. The highest BCUT2D eigenvalue weighted by Crippen LogP contribution is 2.15. The van der Waals surface area contributed by atoms with Crippen molar-refractivity contribution >= 4 is 14.0 Å². The lowest BCUT2D eigenvalue weighted by atomic mass is 10.2. The highest BCUT2D eigenvalue weighted by Gasteiger charge is 2.38. The normalized spacial score (nSPS) is 12.6. The van der Waals surface area contributed by atoms with E-state index in [1.165, 1.54) is 5.56 Å². The van der Waals surface area contributed by atoms with Crippen molar-refractivity contribution in [3.63, 3.8) is 0 Å². The summed E-state index contributed by atoms with van der Waals surface area (Å²) < 4.78 is 35.9. The molecular weight excluding hydrogens is 307 g/mol. The standard InChI is InChI=1S/C16H22F3NOSi/c1-22(2,13-14-9-5-3-6-10-14)12-8-4-7-11-20-15(21)16(17,18)19/h3,5-6,8-10,12H,4,7,11,13H2,1-2H3,(H,20,21)/b12-8+. The van der Waals surface area contributed by atoms with Crippen molar-refractivity contribution in [3.05, 3.63) is 47.7 Å². The molecule has 0 radical (unpaired) electrons. The van der Waals surface area contributed by atoms with Gasteiger partial charge in [0, 0.05) is 6.54 Å². The Kier molecular flexibility index (Phi) is 6.87. The maximum absolute atomic E-state index is 12.0. The van der Waals surface area contributed by atoms with Crippen LogP contribution in [0.3, 0.4) is 0 Å². The lowest BCUT2D eigenvalue weighted by molar-refractivity contribution is -0.173. The van der Waals surface area contributed by atoms with Crippen LogP contribution in [0.25, 0.3) is 0 Å². The first-order valence-electron chi connectivity index (χ1n) is 7.27. The van der Waals surface area contributed by atoms with Crippen molar-refractivity contribution in [3.8, 4) is 0 Å². The quantitative estimate of drug-likeness (QED) is 0.594. The number of alkyl halides is 3. The van der Waals surface area contributed by atoms with Gasteiger partial charge in [-0.15, -0.1) is 0 Å². The smallest absolute Gasteiger partial charge is 0.348 e. The van der Waals surface area contributed by atoms with Gasteiger partial charge in [0.15, 0.2) is 0 Å². The van der Waals surface area contributed by atoms with Crippen LogP contribution in [0.4, 0.5) is 13.2 Å². The van der Waals surface area contributed by atoms with Crippen LogP contribution in [-0.2, 0) is 10.8 Å². The Labute approximate surface area is 130 Å². The molecule has 1 aromatic carbocycles. The van der Waals surface area contributed by atoms with Crippen molar-refractivity contribution in [2.45, 2.75) is 38.2 Å². The number of carbonyl (C=O) groups is 1. The van der Waals surface area contributed by atoms with Crippen LogP contribution in [-0.4, -0.2) is 26.7 Å². The van der Waals surface area contributed by atoms with E-state index in [-0.39, 0.29) is 6.54 Å². The second kappa shape index (κ2) is 8.17. The van der Waals surface area contributed by atoms with E-state index < -0.39 is 20.2 Å². The molecule has 0 aliphatic heterocycles. The molecule has 0 heterocycles. The number of carbonyl (C=O) groups excluding carboxylic acids is 1. The van der Waals surface area contributed by atoms with Crippen molar-refractivity contribution < 1.29 is 18.0 Å². The van der Waals surface area contributed by atoms with Crippen LogP contribution >= 0.6 is 0 Å². The van der Waals surface area contributed by atoms with Gasteiger partial charge in [-0.25, -0.2) is 0 Å². The van der Waals surface area contributed by atoms with E-state index >= 15 is 0 Å². The number of halogens is 3. The molecule has 1 aromatic rings. The van der Waals surface area contributed by atoms with E-state index in [2.05, 4.69) is 30.9 Å². The zero-order chi connectivity index (χ0) is 16.6. The molecule has 0 bridgehead atoms. The van der Waals surface area contributed by atoms with Gasteiger partial charge in [-0.2, -0.15) is 13.2 Å². The Morgan fingerprint density at radius 2 is 1.86 bits per heavy atom. The number of hydrogen-bond donors (Lipinski definition) is 1. The van der Waals surface area contributed by atoms with Crippen LogP contribution in [0.5, 0.6) is 0 Å². The van der Waals surface area contributed by atoms with Gasteiger partial charge in [0.2, 0.25) is 0 Å². The number of benzene rings is 1. The highest BCUT2D eigenvalue weighted by molar-refractivity contribution is 6.81. The third-order valence-electron chi connectivity index (χ3n) is 3.16. The molecule has 6 heteroatoms. The largest absolute Gasteiger partial charge is 0.471 e. The molecular formula is C16H22F3NOSi. The number of allylic oxidation sites excluding steroid dienone is 1. The minimum Gasteiger partial charge on any atom is -0.348 e. The third-order valence-corrected chi connectivity index (χ3v) is 5.62. The molecule has 1 rings (SSSR count). The first-order valence-corrected chi connectivity index (χ1v) is 10.6. The summed E-state index contributed by atoms with van der Waals surface area (Å²) in [5.41, 5.74) is 3.52. The summed E-state index contributed by atoms with van der Waals surface area (Å²) >= 11 is 0. The zero-order valence-electron chi connectivity index (χ0n) is 12.9. The van der Waals surface area contributed by atoms with Crippen LogP contribution < -0.4 is 5.32 Å². The molecule has 122 valence electrons.